The van der Waals surface area contributed by atoms with Gasteiger partial charge in [-0.25, -0.2) is 13.9 Å². The number of carbonyl (C=O) groups excluding carboxylic acids is 1. The summed E-state index contributed by atoms with van der Waals surface area (Å²) in [4.78, 5) is 15.4. The van der Waals surface area contributed by atoms with Crippen molar-refractivity contribution in [2.45, 2.75) is 18.6 Å². The summed E-state index contributed by atoms with van der Waals surface area (Å²) in [6, 6.07) is 0. The van der Waals surface area contributed by atoms with Crippen LogP contribution >= 0.6 is 0 Å². The molecule has 0 aromatic heterocycles. The van der Waals surface area contributed by atoms with Gasteiger partial charge in [0.2, 0.25) is 0 Å². The molecule has 6 heteroatoms. The molecule has 0 aromatic rings. The summed E-state index contributed by atoms with van der Waals surface area (Å²) in [5, 5.41) is 0. The van der Waals surface area contributed by atoms with E-state index in [0.717, 1.165) is 6.26 Å². The maximum atomic E-state index is 11.1. The van der Waals surface area contributed by atoms with E-state index >= 15 is 0 Å². The lowest BCUT2D eigenvalue weighted by Crippen LogP contribution is -2.47. The van der Waals surface area contributed by atoms with Crippen molar-refractivity contribution in [2.75, 3.05) is 13.4 Å². The zero-order chi connectivity index (χ0) is 9.99. The second kappa shape index (κ2) is 3.40. The first-order valence-corrected chi connectivity index (χ1v) is 5.15. The largest absolute Gasteiger partial charge is 0.277 e. The number of hydrogen-bond acceptors (Lipinski definition) is 4. The third-order valence-electron chi connectivity index (χ3n) is 1.67. The van der Waals surface area contributed by atoms with E-state index in [-0.39, 0.29) is 0 Å². The van der Waals surface area contributed by atoms with Crippen LogP contribution in [0.5, 0.6) is 0 Å². The highest BCUT2D eigenvalue weighted by molar-refractivity contribution is 7.92. The Labute approximate surface area is 72.0 Å². The standard InChI is InChI=1S/C6H13NO4S/c1-6(2,12(4,9)10)5(8)7-11-3/h1-4H3,(H,7,8). The van der Waals surface area contributed by atoms with E-state index < -0.39 is 20.5 Å². The Morgan fingerprint density at radius 3 is 2.08 bits per heavy atom. The number of rotatable bonds is 3. The number of hydrogen-bond donors (Lipinski definition) is 1. The van der Waals surface area contributed by atoms with Crippen molar-refractivity contribution in [3.63, 3.8) is 0 Å². The minimum absolute atomic E-state index is 0.674. The Bertz CT molecular complexity index is 267. The van der Waals surface area contributed by atoms with Crippen molar-refractivity contribution in [3.8, 4) is 0 Å². The van der Waals surface area contributed by atoms with Gasteiger partial charge in [0.1, 0.15) is 4.75 Å². The molecule has 72 valence electrons. The molecule has 5 nitrogen and oxygen atoms in total. The molecule has 12 heavy (non-hydrogen) atoms. The number of amides is 1. The van der Waals surface area contributed by atoms with Crippen molar-refractivity contribution in [1.82, 2.24) is 5.48 Å². The Morgan fingerprint density at radius 2 is 1.83 bits per heavy atom. The van der Waals surface area contributed by atoms with E-state index in [1.807, 2.05) is 5.48 Å². The summed E-state index contributed by atoms with van der Waals surface area (Å²) in [7, 11) is -2.17. The van der Waals surface area contributed by atoms with Crippen LogP contribution in [0, 0.1) is 0 Å². The number of hydroxylamine groups is 1. The summed E-state index contributed by atoms with van der Waals surface area (Å²) in [5.41, 5.74) is 1.97. The molecule has 0 heterocycles. The van der Waals surface area contributed by atoms with E-state index in [2.05, 4.69) is 4.84 Å². The van der Waals surface area contributed by atoms with Gasteiger partial charge in [-0.05, 0) is 13.8 Å². The molecule has 1 amide bonds. The van der Waals surface area contributed by atoms with Crippen LogP contribution in [-0.2, 0) is 19.5 Å². The van der Waals surface area contributed by atoms with Crippen LogP contribution in [-0.4, -0.2) is 32.4 Å². The lowest BCUT2D eigenvalue weighted by atomic mass is 10.2. The third-order valence-corrected chi connectivity index (χ3v) is 3.71. The summed E-state index contributed by atoms with van der Waals surface area (Å²) in [6.45, 7) is 2.63. The average molecular weight is 195 g/mol. The highest BCUT2D eigenvalue weighted by atomic mass is 32.2. The molecule has 0 rings (SSSR count). The van der Waals surface area contributed by atoms with Gasteiger partial charge in [-0.15, -0.1) is 0 Å². The SMILES string of the molecule is CONC(=O)C(C)(C)S(C)(=O)=O. The molecular weight excluding hydrogens is 182 g/mol. The smallest absolute Gasteiger partial charge is 0.264 e. The normalized spacial score (nSPS) is 12.7. The highest BCUT2D eigenvalue weighted by Gasteiger charge is 2.38. The van der Waals surface area contributed by atoms with Gasteiger partial charge in [0.05, 0.1) is 7.11 Å². The zero-order valence-electron chi connectivity index (χ0n) is 7.54. The van der Waals surface area contributed by atoms with Crippen LogP contribution < -0.4 is 5.48 Å². The van der Waals surface area contributed by atoms with Crippen LogP contribution in [0.4, 0.5) is 0 Å². The molecule has 0 fully saturated rings. The van der Waals surface area contributed by atoms with Crippen LogP contribution in [0.1, 0.15) is 13.8 Å². The van der Waals surface area contributed by atoms with Crippen LogP contribution in [0.25, 0.3) is 0 Å². The van der Waals surface area contributed by atoms with E-state index in [1.165, 1.54) is 21.0 Å². The van der Waals surface area contributed by atoms with Gasteiger partial charge < -0.3 is 0 Å². The second-order valence-electron chi connectivity index (χ2n) is 2.92. The lowest BCUT2D eigenvalue weighted by molar-refractivity contribution is -0.133. The first-order valence-electron chi connectivity index (χ1n) is 3.26. The highest BCUT2D eigenvalue weighted by Crippen LogP contribution is 2.14. The van der Waals surface area contributed by atoms with Gasteiger partial charge >= 0.3 is 0 Å². The monoisotopic (exact) mass is 195 g/mol. The van der Waals surface area contributed by atoms with Crippen molar-refractivity contribution < 1.29 is 18.0 Å². The number of sulfone groups is 1. The molecular formula is C6H13NO4S. The quantitative estimate of drug-likeness (QED) is 0.615. The molecule has 0 unspecified atom stereocenters. The maximum Gasteiger partial charge on any atom is 0.264 e. The topological polar surface area (TPSA) is 72.5 Å². The Kier molecular flexibility index (Phi) is 3.23. The first-order chi connectivity index (χ1) is 5.23. The van der Waals surface area contributed by atoms with Crippen molar-refractivity contribution in [2.24, 2.45) is 0 Å². The molecule has 0 aliphatic rings. The Balaban J connectivity index is 4.75. The third kappa shape index (κ3) is 2.18. The summed E-state index contributed by atoms with van der Waals surface area (Å²) < 4.78 is 20.7. The fourth-order valence-corrected chi connectivity index (χ4v) is 0.762. The van der Waals surface area contributed by atoms with Gasteiger partial charge in [-0.1, -0.05) is 0 Å². The lowest BCUT2D eigenvalue weighted by Gasteiger charge is -2.19. The summed E-state index contributed by atoms with van der Waals surface area (Å²) in [5.74, 6) is -0.674. The summed E-state index contributed by atoms with van der Waals surface area (Å²) in [6.07, 6.45) is 1.00. The predicted molar refractivity (Wildman–Crippen MR) is 44.1 cm³/mol. The predicted octanol–water partition coefficient (Wildman–Crippen LogP) is -0.513. The first kappa shape index (κ1) is 11.4. The molecule has 0 bridgehead atoms. The van der Waals surface area contributed by atoms with Crippen molar-refractivity contribution >= 4 is 15.7 Å². The maximum absolute atomic E-state index is 11.1. The van der Waals surface area contributed by atoms with Gasteiger partial charge in [-0.2, -0.15) is 0 Å². The second-order valence-corrected chi connectivity index (χ2v) is 5.48. The fraction of sp³-hybridized carbons (Fsp3) is 0.833. The van der Waals surface area contributed by atoms with E-state index in [9.17, 15) is 13.2 Å². The fourth-order valence-electron chi connectivity index (χ4n) is 0.384. The minimum atomic E-state index is -3.42. The van der Waals surface area contributed by atoms with Gasteiger partial charge in [0, 0.05) is 6.26 Å². The molecule has 0 saturated heterocycles. The molecule has 0 atom stereocenters. The van der Waals surface area contributed by atoms with Crippen molar-refractivity contribution in [3.05, 3.63) is 0 Å². The molecule has 0 aliphatic carbocycles. The Hall–Kier alpha value is -0.620. The zero-order valence-corrected chi connectivity index (χ0v) is 8.36. The van der Waals surface area contributed by atoms with Crippen LogP contribution in [0.3, 0.4) is 0 Å². The van der Waals surface area contributed by atoms with Gasteiger partial charge in [0.15, 0.2) is 9.84 Å². The minimum Gasteiger partial charge on any atom is -0.277 e. The molecule has 1 N–H and O–H groups in total. The van der Waals surface area contributed by atoms with E-state index in [4.69, 9.17) is 0 Å². The van der Waals surface area contributed by atoms with E-state index in [1.54, 1.807) is 0 Å². The molecule has 0 aromatic carbocycles. The van der Waals surface area contributed by atoms with Crippen LogP contribution in [0.2, 0.25) is 0 Å². The van der Waals surface area contributed by atoms with Gasteiger partial charge in [-0.3, -0.25) is 9.63 Å². The average Bonchev–Trinajstić information content (AvgIpc) is 1.85. The molecule has 0 spiro atoms. The van der Waals surface area contributed by atoms with Gasteiger partial charge in [0.25, 0.3) is 5.91 Å². The Morgan fingerprint density at radius 1 is 1.42 bits per heavy atom. The molecule has 0 saturated carbocycles. The van der Waals surface area contributed by atoms with Crippen molar-refractivity contribution in [1.29, 1.82) is 0 Å². The number of carbonyl (C=O) groups is 1. The summed E-state index contributed by atoms with van der Waals surface area (Å²) >= 11 is 0. The van der Waals surface area contributed by atoms with Crippen LogP contribution in [0.15, 0.2) is 0 Å². The van der Waals surface area contributed by atoms with E-state index in [0.29, 0.717) is 0 Å². The molecule has 0 aliphatic heterocycles. The molecule has 0 radical (unpaired) electrons. The number of nitrogens with one attached hydrogen (secondary N) is 1.